The van der Waals surface area contributed by atoms with Crippen LogP contribution in [0.4, 0.5) is 5.69 Å². The minimum absolute atomic E-state index is 0.113. The number of nitro benzene ring substituents is 1. The van der Waals surface area contributed by atoms with Gasteiger partial charge in [0.2, 0.25) is 6.29 Å². The summed E-state index contributed by atoms with van der Waals surface area (Å²) in [5.41, 5.74) is 2.91. The standard InChI is InChI=1S/C37H31NO9/c39-36-29-19-30-34(43-21-25-12-6-2-7-13-25)35(44-22-26-14-8-3-9-15-26)32(23-42-20-24-10-4-1-5-11-24)46-37(30)47-33(29)28-18-27(38(40)41)16-17-31(28)45-36/h1-19,32,34-35,37H,20-23H2/t32-,34-,35-,37+/m1/s1. The van der Waals surface area contributed by atoms with E-state index in [2.05, 4.69) is 0 Å². The summed E-state index contributed by atoms with van der Waals surface area (Å²) in [5.74, 6) is 0.142. The molecule has 4 aromatic carbocycles. The maximum atomic E-state index is 13.2. The van der Waals surface area contributed by atoms with Gasteiger partial charge in [0.1, 0.15) is 35.2 Å². The number of nitro groups is 1. The van der Waals surface area contributed by atoms with Crippen molar-refractivity contribution >= 4 is 22.7 Å². The molecule has 0 bridgehead atoms. The van der Waals surface area contributed by atoms with Crippen LogP contribution >= 0.6 is 0 Å². The first-order valence-electron chi connectivity index (χ1n) is 15.2. The van der Waals surface area contributed by atoms with Crippen molar-refractivity contribution < 1.29 is 33.0 Å². The molecule has 0 radical (unpaired) electrons. The molecule has 4 atom stereocenters. The Morgan fingerprint density at radius 2 is 1.38 bits per heavy atom. The van der Waals surface area contributed by atoms with E-state index in [0.29, 0.717) is 12.2 Å². The van der Waals surface area contributed by atoms with Crippen LogP contribution in [0.3, 0.4) is 0 Å². The van der Waals surface area contributed by atoms with Gasteiger partial charge in [0, 0.05) is 17.7 Å². The predicted octanol–water partition coefficient (Wildman–Crippen LogP) is 6.59. The van der Waals surface area contributed by atoms with Crippen LogP contribution in [0.15, 0.2) is 124 Å². The number of ether oxygens (including phenoxy) is 5. The van der Waals surface area contributed by atoms with Crippen molar-refractivity contribution in [1.29, 1.82) is 0 Å². The maximum absolute atomic E-state index is 13.2. The Kier molecular flexibility index (Phi) is 8.89. The SMILES string of the molecule is O=c1oc2ccc([N+](=O)[O-])cc2c2c1C=C1[C@H](O2)O[C@H](COCc2ccccc2)[C@@H](OCc2ccccc2)[C@@H]1OCc1ccccc1. The van der Waals surface area contributed by atoms with E-state index in [0.717, 1.165) is 16.7 Å². The lowest BCUT2D eigenvalue weighted by Crippen LogP contribution is -2.56. The monoisotopic (exact) mass is 633 g/mol. The van der Waals surface area contributed by atoms with E-state index in [1.165, 1.54) is 18.2 Å². The lowest BCUT2D eigenvalue weighted by atomic mass is 9.92. The van der Waals surface area contributed by atoms with Crippen LogP contribution in [0.5, 0.6) is 5.75 Å². The van der Waals surface area contributed by atoms with Crippen molar-refractivity contribution in [1.82, 2.24) is 0 Å². The van der Waals surface area contributed by atoms with E-state index >= 15 is 0 Å². The Morgan fingerprint density at radius 3 is 2.02 bits per heavy atom. The van der Waals surface area contributed by atoms with E-state index in [1.54, 1.807) is 6.08 Å². The molecular formula is C37H31NO9. The van der Waals surface area contributed by atoms with Gasteiger partial charge in [-0.15, -0.1) is 0 Å². The summed E-state index contributed by atoms with van der Waals surface area (Å²) < 4.78 is 37.8. The molecule has 1 aromatic heterocycles. The van der Waals surface area contributed by atoms with Gasteiger partial charge < -0.3 is 28.1 Å². The minimum Gasteiger partial charge on any atom is -0.459 e. The Labute approximate surface area is 269 Å². The third kappa shape index (κ3) is 6.72. The molecule has 47 heavy (non-hydrogen) atoms. The highest BCUT2D eigenvalue weighted by molar-refractivity contribution is 5.89. The third-order valence-corrected chi connectivity index (χ3v) is 8.14. The Hall–Kier alpha value is -5.13. The number of hydrogen-bond donors (Lipinski definition) is 0. The van der Waals surface area contributed by atoms with E-state index in [1.807, 2.05) is 91.0 Å². The average Bonchev–Trinajstić information content (AvgIpc) is 3.10. The van der Waals surface area contributed by atoms with Crippen molar-refractivity contribution in [2.45, 2.75) is 44.4 Å². The summed E-state index contributed by atoms with van der Waals surface area (Å²) in [4.78, 5) is 24.3. The second-order valence-electron chi connectivity index (χ2n) is 11.3. The largest absolute Gasteiger partial charge is 0.459 e. The summed E-state index contributed by atoms with van der Waals surface area (Å²) >= 11 is 0. The highest BCUT2D eigenvalue weighted by atomic mass is 16.7. The van der Waals surface area contributed by atoms with Gasteiger partial charge in [-0.1, -0.05) is 91.0 Å². The zero-order valence-corrected chi connectivity index (χ0v) is 25.2. The van der Waals surface area contributed by atoms with Crippen LogP contribution in [0.2, 0.25) is 0 Å². The highest BCUT2D eigenvalue weighted by Gasteiger charge is 2.47. The molecule has 3 heterocycles. The average molecular weight is 634 g/mol. The molecule has 1 saturated heterocycles. The summed E-state index contributed by atoms with van der Waals surface area (Å²) in [6.45, 7) is 1.04. The smallest absolute Gasteiger partial charge is 0.347 e. The van der Waals surface area contributed by atoms with Crippen LogP contribution in [-0.4, -0.2) is 36.1 Å². The summed E-state index contributed by atoms with van der Waals surface area (Å²) in [5, 5.41) is 11.9. The van der Waals surface area contributed by atoms with Gasteiger partial charge in [-0.25, -0.2) is 4.79 Å². The highest BCUT2D eigenvalue weighted by Crippen LogP contribution is 2.41. The van der Waals surface area contributed by atoms with Crippen LogP contribution in [0, 0.1) is 10.1 Å². The number of benzene rings is 4. The summed E-state index contributed by atoms with van der Waals surface area (Å²) in [6.07, 6.45) is -1.36. The normalized spacial score (nSPS) is 20.1. The van der Waals surface area contributed by atoms with E-state index < -0.39 is 35.2 Å². The quantitative estimate of drug-likeness (QED) is 0.0901. The fourth-order valence-electron chi connectivity index (χ4n) is 5.81. The molecule has 7 rings (SSSR count). The molecule has 1 fully saturated rings. The molecule has 238 valence electrons. The van der Waals surface area contributed by atoms with Gasteiger partial charge in [0.05, 0.1) is 36.7 Å². The number of fused-ring (bicyclic) bond motifs is 4. The molecule has 0 saturated carbocycles. The first kappa shape index (κ1) is 30.5. The number of non-ortho nitro benzene ring substituents is 1. The van der Waals surface area contributed by atoms with Gasteiger partial charge in [-0.3, -0.25) is 10.1 Å². The lowest BCUT2D eigenvalue weighted by molar-refractivity contribution is -0.384. The molecule has 0 amide bonds. The minimum atomic E-state index is -0.991. The van der Waals surface area contributed by atoms with Crippen molar-refractivity contribution in [3.05, 3.63) is 158 Å². The zero-order chi connectivity index (χ0) is 32.2. The molecule has 10 heteroatoms. The molecule has 0 aliphatic carbocycles. The van der Waals surface area contributed by atoms with Crippen molar-refractivity contribution in [3.8, 4) is 5.75 Å². The summed E-state index contributed by atoms with van der Waals surface area (Å²) in [6, 6.07) is 33.3. The molecular weight excluding hydrogens is 602 g/mol. The topological polar surface area (TPSA) is 120 Å². The van der Waals surface area contributed by atoms with E-state index in [9.17, 15) is 14.9 Å². The van der Waals surface area contributed by atoms with Gasteiger partial charge >= 0.3 is 5.63 Å². The second kappa shape index (κ2) is 13.7. The van der Waals surface area contributed by atoms with Crippen molar-refractivity contribution in [2.24, 2.45) is 0 Å². The Morgan fingerprint density at radius 1 is 0.766 bits per heavy atom. The van der Waals surface area contributed by atoms with Gasteiger partial charge in [-0.05, 0) is 28.8 Å². The van der Waals surface area contributed by atoms with Gasteiger partial charge in [0.25, 0.3) is 5.69 Å². The first-order chi connectivity index (χ1) is 23.0. The molecule has 10 nitrogen and oxygen atoms in total. The van der Waals surface area contributed by atoms with E-state index in [-0.39, 0.29) is 47.8 Å². The van der Waals surface area contributed by atoms with Gasteiger partial charge in [-0.2, -0.15) is 0 Å². The predicted molar refractivity (Wildman–Crippen MR) is 173 cm³/mol. The second-order valence-corrected chi connectivity index (χ2v) is 11.3. The first-order valence-corrected chi connectivity index (χ1v) is 15.2. The van der Waals surface area contributed by atoms with Crippen LogP contribution in [-0.2, 0) is 38.8 Å². The molecule has 0 spiro atoms. The fourth-order valence-corrected chi connectivity index (χ4v) is 5.81. The molecule has 5 aromatic rings. The lowest BCUT2D eigenvalue weighted by Gasteiger charge is -2.44. The third-order valence-electron chi connectivity index (χ3n) is 8.14. The van der Waals surface area contributed by atoms with Crippen LogP contribution in [0.1, 0.15) is 22.3 Å². The number of hydrogen-bond acceptors (Lipinski definition) is 9. The van der Waals surface area contributed by atoms with Crippen LogP contribution in [0.25, 0.3) is 17.0 Å². The number of rotatable bonds is 11. The van der Waals surface area contributed by atoms with Crippen molar-refractivity contribution in [3.63, 3.8) is 0 Å². The zero-order valence-electron chi connectivity index (χ0n) is 25.2. The molecule has 2 aliphatic heterocycles. The van der Waals surface area contributed by atoms with Gasteiger partial charge in [0.15, 0.2) is 0 Å². The van der Waals surface area contributed by atoms with Crippen molar-refractivity contribution in [2.75, 3.05) is 6.61 Å². The molecule has 2 aliphatic rings. The Bertz CT molecular complexity index is 1940. The maximum Gasteiger partial charge on any atom is 0.347 e. The van der Waals surface area contributed by atoms with Crippen LogP contribution < -0.4 is 10.4 Å². The fraction of sp³-hybridized carbons (Fsp3) is 0.216. The Balaban J connectivity index is 1.27. The molecule has 0 N–H and O–H groups in total. The summed E-state index contributed by atoms with van der Waals surface area (Å²) in [7, 11) is 0. The van der Waals surface area contributed by atoms with E-state index in [4.69, 9.17) is 28.1 Å². The molecule has 0 unspecified atom stereocenters. The number of nitrogens with zero attached hydrogens (tertiary/aromatic N) is 1.